The standard InChI is InChI=1S/C15H24N2O/c1-11-4-5-15(13(10-11)6-8-16)17(3)14-7-9-18-12(14)2/h4-5,10,12,14H,6-9,16H2,1-3H3. The Bertz CT molecular complexity index is 405. The molecule has 3 nitrogen and oxygen atoms in total. The highest BCUT2D eigenvalue weighted by atomic mass is 16.5. The highest BCUT2D eigenvalue weighted by Crippen LogP contribution is 2.28. The number of hydrogen-bond acceptors (Lipinski definition) is 3. The van der Waals surface area contributed by atoms with Gasteiger partial charge in [0.05, 0.1) is 12.1 Å². The maximum Gasteiger partial charge on any atom is 0.0750 e. The summed E-state index contributed by atoms with van der Waals surface area (Å²) < 4.78 is 5.67. The van der Waals surface area contributed by atoms with Gasteiger partial charge in [-0.1, -0.05) is 17.7 Å². The van der Waals surface area contributed by atoms with Gasteiger partial charge in [0.1, 0.15) is 0 Å². The molecule has 1 fully saturated rings. The zero-order chi connectivity index (χ0) is 13.1. The number of ether oxygens (including phenoxy) is 1. The van der Waals surface area contributed by atoms with Crippen LogP contribution in [0.25, 0.3) is 0 Å². The number of benzene rings is 1. The van der Waals surface area contributed by atoms with Crippen LogP contribution in [0.3, 0.4) is 0 Å². The van der Waals surface area contributed by atoms with Crippen LogP contribution in [-0.2, 0) is 11.2 Å². The minimum Gasteiger partial charge on any atom is -0.376 e. The largest absolute Gasteiger partial charge is 0.376 e. The van der Waals surface area contributed by atoms with Crippen molar-refractivity contribution in [2.24, 2.45) is 5.73 Å². The van der Waals surface area contributed by atoms with Crippen molar-refractivity contribution in [1.29, 1.82) is 0 Å². The van der Waals surface area contributed by atoms with Crippen molar-refractivity contribution in [1.82, 2.24) is 0 Å². The maximum absolute atomic E-state index is 5.72. The lowest BCUT2D eigenvalue weighted by molar-refractivity contribution is 0.118. The SMILES string of the molecule is Cc1ccc(N(C)C2CCOC2C)c(CCN)c1. The van der Waals surface area contributed by atoms with E-state index in [0.717, 1.165) is 19.4 Å². The highest BCUT2D eigenvalue weighted by Gasteiger charge is 2.28. The van der Waals surface area contributed by atoms with E-state index in [-0.39, 0.29) is 0 Å². The molecule has 1 saturated heterocycles. The number of rotatable bonds is 4. The van der Waals surface area contributed by atoms with Crippen LogP contribution in [-0.4, -0.2) is 32.3 Å². The molecule has 0 radical (unpaired) electrons. The minimum atomic E-state index is 0.307. The van der Waals surface area contributed by atoms with E-state index in [1.54, 1.807) is 0 Å². The third kappa shape index (κ3) is 2.68. The van der Waals surface area contributed by atoms with E-state index in [1.807, 2.05) is 0 Å². The second-order valence-corrected chi connectivity index (χ2v) is 5.21. The molecule has 0 spiro atoms. The van der Waals surface area contributed by atoms with Crippen LogP contribution in [0.1, 0.15) is 24.5 Å². The Morgan fingerprint density at radius 3 is 2.83 bits per heavy atom. The first-order valence-electron chi connectivity index (χ1n) is 6.77. The van der Waals surface area contributed by atoms with E-state index >= 15 is 0 Å². The summed E-state index contributed by atoms with van der Waals surface area (Å²) in [6.45, 7) is 5.85. The van der Waals surface area contributed by atoms with Crippen molar-refractivity contribution >= 4 is 5.69 Å². The van der Waals surface area contributed by atoms with Gasteiger partial charge in [0.15, 0.2) is 0 Å². The molecule has 3 heteroatoms. The number of nitrogens with two attached hydrogens (primary N) is 1. The zero-order valence-corrected chi connectivity index (χ0v) is 11.6. The van der Waals surface area contributed by atoms with E-state index in [0.29, 0.717) is 18.7 Å². The molecule has 0 aromatic heterocycles. The minimum absolute atomic E-state index is 0.307. The first-order valence-corrected chi connectivity index (χ1v) is 6.77. The third-order valence-corrected chi connectivity index (χ3v) is 3.86. The van der Waals surface area contributed by atoms with Crippen LogP contribution in [0.15, 0.2) is 18.2 Å². The summed E-state index contributed by atoms with van der Waals surface area (Å²) in [5.74, 6) is 0. The lowest BCUT2D eigenvalue weighted by Gasteiger charge is -2.30. The number of aryl methyl sites for hydroxylation is 1. The third-order valence-electron chi connectivity index (χ3n) is 3.86. The van der Waals surface area contributed by atoms with Gasteiger partial charge in [0.25, 0.3) is 0 Å². The molecule has 1 aromatic carbocycles. The van der Waals surface area contributed by atoms with Crippen LogP contribution in [0.4, 0.5) is 5.69 Å². The summed E-state index contributed by atoms with van der Waals surface area (Å²) in [7, 11) is 2.17. The first kappa shape index (κ1) is 13.4. The number of anilines is 1. The summed E-state index contributed by atoms with van der Waals surface area (Å²) in [5.41, 5.74) is 9.66. The van der Waals surface area contributed by atoms with Gasteiger partial charge >= 0.3 is 0 Å². The molecule has 2 unspecified atom stereocenters. The molecular weight excluding hydrogens is 224 g/mol. The molecule has 0 aliphatic carbocycles. The predicted octanol–water partition coefficient (Wildman–Crippen LogP) is 2.11. The van der Waals surface area contributed by atoms with Crippen molar-refractivity contribution in [3.05, 3.63) is 29.3 Å². The molecule has 100 valence electrons. The van der Waals surface area contributed by atoms with Crippen molar-refractivity contribution in [3.8, 4) is 0 Å². The summed E-state index contributed by atoms with van der Waals surface area (Å²) >= 11 is 0. The summed E-state index contributed by atoms with van der Waals surface area (Å²) in [6, 6.07) is 7.11. The number of hydrogen-bond donors (Lipinski definition) is 1. The van der Waals surface area contributed by atoms with Gasteiger partial charge in [-0.2, -0.15) is 0 Å². The van der Waals surface area contributed by atoms with Crippen molar-refractivity contribution < 1.29 is 4.74 Å². The van der Waals surface area contributed by atoms with Gasteiger partial charge in [-0.3, -0.25) is 0 Å². The Morgan fingerprint density at radius 2 is 2.22 bits per heavy atom. The molecular formula is C15H24N2O. The first-order chi connectivity index (χ1) is 8.63. The molecule has 0 saturated carbocycles. The van der Waals surface area contributed by atoms with Crippen LogP contribution < -0.4 is 10.6 Å². The smallest absolute Gasteiger partial charge is 0.0750 e. The molecule has 1 heterocycles. The zero-order valence-electron chi connectivity index (χ0n) is 11.6. The highest BCUT2D eigenvalue weighted by molar-refractivity contribution is 5.55. The number of likely N-dealkylation sites (N-methyl/N-ethyl adjacent to an activating group) is 1. The molecule has 2 N–H and O–H groups in total. The van der Waals surface area contributed by atoms with E-state index in [1.165, 1.54) is 16.8 Å². The lowest BCUT2D eigenvalue weighted by Crippen LogP contribution is -2.37. The number of nitrogens with zero attached hydrogens (tertiary/aromatic N) is 1. The lowest BCUT2D eigenvalue weighted by atomic mass is 10.0. The second kappa shape index (κ2) is 5.72. The van der Waals surface area contributed by atoms with E-state index in [9.17, 15) is 0 Å². The van der Waals surface area contributed by atoms with E-state index in [4.69, 9.17) is 10.5 Å². The van der Waals surface area contributed by atoms with E-state index in [2.05, 4.69) is 44.0 Å². The summed E-state index contributed by atoms with van der Waals surface area (Å²) in [4.78, 5) is 2.36. The van der Waals surface area contributed by atoms with Gasteiger partial charge in [-0.15, -0.1) is 0 Å². The molecule has 1 aromatic rings. The Balaban J connectivity index is 2.25. The Labute approximate surface area is 110 Å². The fourth-order valence-corrected chi connectivity index (χ4v) is 2.82. The molecule has 2 rings (SSSR count). The fraction of sp³-hybridized carbons (Fsp3) is 0.600. The normalized spacial score (nSPS) is 23.3. The van der Waals surface area contributed by atoms with Gasteiger partial charge in [-0.05, 0) is 44.9 Å². The molecule has 18 heavy (non-hydrogen) atoms. The molecule has 0 bridgehead atoms. The van der Waals surface area contributed by atoms with Gasteiger partial charge < -0.3 is 15.4 Å². The molecule has 0 amide bonds. The average molecular weight is 248 g/mol. The topological polar surface area (TPSA) is 38.5 Å². The summed E-state index contributed by atoms with van der Waals surface area (Å²) in [5, 5.41) is 0. The van der Waals surface area contributed by atoms with Crippen LogP contribution >= 0.6 is 0 Å². The van der Waals surface area contributed by atoms with Crippen molar-refractivity contribution in [2.45, 2.75) is 38.8 Å². The van der Waals surface area contributed by atoms with Crippen molar-refractivity contribution in [3.63, 3.8) is 0 Å². The monoisotopic (exact) mass is 248 g/mol. The average Bonchev–Trinajstić information content (AvgIpc) is 2.75. The van der Waals surface area contributed by atoms with Crippen molar-refractivity contribution in [2.75, 3.05) is 25.1 Å². The second-order valence-electron chi connectivity index (χ2n) is 5.21. The maximum atomic E-state index is 5.72. The molecule has 1 aliphatic rings. The van der Waals surface area contributed by atoms with Crippen LogP contribution in [0.5, 0.6) is 0 Å². The van der Waals surface area contributed by atoms with Crippen LogP contribution in [0, 0.1) is 6.92 Å². The van der Waals surface area contributed by atoms with Gasteiger partial charge in [0.2, 0.25) is 0 Å². The van der Waals surface area contributed by atoms with Gasteiger partial charge in [-0.25, -0.2) is 0 Å². The van der Waals surface area contributed by atoms with Crippen LogP contribution in [0.2, 0.25) is 0 Å². The fourth-order valence-electron chi connectivity index (χ4n) is 2.82. The molecule has 1 aliphatic heterocycles. The summed E-state index contributed by atoms with van der Waals surface area (Å²) in [6.07, 6.45) is 2.35. The quantitative estimate of drug-likeness (QED) is 0.887. The van der Waals surface area contributed by atoms with Gasteiger partial charge in [0, 0.05) is 19.3 Å². The van der Waals surface area contributed by atoms with E-state index < -0.39 is 0 Å². The Kier molecular flexibility index (Phi) is 4.25. The Morgan fingerprint density at radius 1 is 1.44 bits per heavy atom. The molecule has 2 atom stereocenters. The Hall–Kier alpha value is -1.06. The predicted molar refractivity (Wildman–Crippen MR) is 76.2 cm³/mol.